The fourth-order valence-corrected chi connectivity index (χ4v) is 2.00. The van der Waals surface area contributed by atoms with Crippen molar-refractivity contribution in [2.24, 2.45) is 5.73 Å². The Morgan fingerprint density at radius 2 is 1.94 bits per heavy atom. The lowest BCUT2D eigenvalue weighted by Crippen LogP contribution is -2.44. The zero-order valence-corrected chi connectivity index (χ0v) is 10.1. The summed E-state index contributed by atoms with van der Waals surface area (Å²) in [6.07, 6.45) is 0. The van der Waals surface area contributed by atoms with Gasteiger partial charge in [0.15, 0.2) is 0 Å². The van der Waals surface area contributed by atoms with E-state index in [2.05, 4.69) is 34.0 Å². The first-order valence-electron chi connectivity index (χ1n) is 5.81. The summed E-state index contributed by atoms with van der Waals surface area (Å²) in [5, 5.41) is 0. The van der Waals surface area contributed by atoms with E-state index in [1.54, 1.807) is 0 Å². The molecule has 1 aliphatic rings. The fourth-order valence-electron chi connectivity index (χ4n) is 2.00. The van der Waals surface area contributed by atoms with Crippen LogP contribution in [-0.4, -0.2) is 43.1 Å². The van der Waals surface area contributed by atoms with Gasteiger partial charge in [-0.25, -0.2) is 4.98 Å². The van der Waals surface area contributed by atoms with Crippen molar-refractivity contribution >= 4 is 5.82 Å². The van der Waals surface area contributed by atoms with Gasteiger partial charge in [0.2, 0.25) is 0 Å². The first-order chi connectivity index (χ1) is 7.70. The number of piperazine rings is 1. The van der Waals surface area contributed by atoms with Crippen molar-refractivity contribution in [3.05, 3.63) is 23.4 Å². The third kappa shape index (κ3) is 2.33. The number of hydrogen-bond acceptors (Lipinski definition) is 4. The molecule has 0 amide bonds. The normalized spacial score (nSPS) is 17.8. The van der Waals surface area contributed by atoms with Crippen molar-refractivity contribution < 1.29 is 0 Å². The number of nitrogens with two attached hydrogens (primary N) is 1. The minimum absolute atomic E-state index is 0.571. The third-order valence-corrected chi connectivity index (χ3v) is 3.23. The lowest BCUT2D eigenvalue weighted by molar-refractivity contribution is 0.312. The molecular formula is C12H20N4. The average molecular weight is 220 g/mol. The van der Waals surface area contributed by atoms with Crippen LogP contribution in [-0.2, 0) is 6.54 Å². The summed E-state index contributed by atoms with van der Waals surface area (Å²) in [5.74, 6) is 1.09. The molecule has 0 aliphatic carbocycles. The molecule has 2 rings (SSSR count). The van der Waals surface area contributed by atoms with Gasteiger partial charge in [-0.2, -0.15) is 0 Å². The summed E-state index contributed by atoms with van der Waals surface area (Å²) in [5.41, 5.74) is 7.83. The number of hydrogen-bond donors (Lipinski definition) is 1. The molecule has 1 aliphatic heterocycles. The number of aromatic nitrogens is 1. The van der Waals surface area contributed by atoms with E-state index in [0.717, 1.165) is 43.3 Å². The molecule has 0 bridgehead atoms. The zero-order valence-electron chi connectivity index (χ0n) is 10.1. The van der Waals surface area contributed by atoms with Crippen molar-refractivity contribution in [2.45, 2.75) is 13.5 Å². The van der Waals surface area contributed by atoms with Gasteiger partial charge in [-0.1, -0.05) is 6.07 Å². The van der Waals surface area contributed by atoms with Gasteiger partial charge in [-0.15, -0.1) is 0 Å². The summed E-state index contributed by atoms with van der Waals surface area (Å²) < 4.78 is 0. The van der Waals surface area contributed by atoms with Crippen LogP contribution < -0.4 is 10.6 Å². The number of rotatable bonds is 2. The number of likely N-dealkylation sites (N-methyl/N-ethyl adjacent to an activating group) is 1. The van der Waals surface area contributed by atoms with Crippen LogP contribution >= 0.6 is 0 Å². The lowest BCUT2D eigenvalue weighted by Gasteiger charge is -2.33. The molecule has 4 nitrogen and oxygen atoms in total. The maximum absolute atomic E-state index is 5.64. The molecule has 16 heavy (non-hydrogen) atoms. The van der Waals surface area contributed by atoms with Crippen LogP contribution in [0.5, 0.6) is 0 Å². The van der Waals surface area contributed by atoms with E-state index < -0.39 is 0 Å². The molecule has 1 saturated heterocycles. The van der Waals surface area contributed by atoms with Crippen molar-refractivity contribution in [1.82, 2.24) is 9.88 Å². The minimum atomic E-state index is 0.571. The van der Waals surface area contributed by atoms with E-state index >= 15 is 0 Å². The molecule has 0 radical (unpaired) electrons. The molecule has 1 fully saturated rings. The van der Waals surface area contributed by atoms with Crippen molar-refractivity contribution in [3.8, 4) is 0 Å². The largest absolute Gasteiger partial charge is 0.354 e. The number of pyridine rings is 1. The molecule has 4 heteroatoms. The Morgan fingerprint density at radius 1 is 1.25 bits per heavy atom. The molecule has 0 atom stereocenters. The van der Waals surface area contributed by atoms with Crippen LogP contribution in [0.3, 0.4) is 0 Å². The van der Waals surface area contributed by atoms with Crippen LogP contribution in [0, 0.1) is 6.92 Å². The highest BCUT2D eigenvalue weighted by molar-refractivity contribution is 5.42. The van der Waals surface area contributed by atoms with Gasteiger partial charge in [0.1, 0.15) is 5.82 Å². The zero-order chi connectivity index (χ0) is 11.5. The molecule has 2 N–H and O–H groups in total. The van der Waals surface area contributed by atoms with Gasteiger partial charge in [0.25, 0.3) is 0 Å². The van der Waals surface area contributed by atoms with E-state index in [-0.39, 0.29) is 0 Å². The summed E-state index contributed by atoms with van der Waals surface area (Å²) >= 11 is 0. The third-order valence-electron chi connectivity index (χ3n) is 3.23. The summed E-state index contributed by atoms with van der Waals surface area (Å²) in [7, 11) is 2.16. The van der Waals surface area contributed by atoms with Crippen molar-refractivity contribution in [1.29, 1.82) is 0 Å². The average Bonchev–Trinajstić information content (AvgIpc) is 2.30. The second-order valence-corrected chi connectivity index (χ2v) is 4.41. The van der Waals surface area contributed by atoms with Crippen LogP contribution in [0.1, 0.15) is 11.3 Å². The predicted octanol–water partition coefficient (Wildman–Crippen LogP) is 0.601. The molecular weight excluding hydrogens is 200 g/mol. The Balaban J connectivity index is 2.12. The Labute approximate surface area is 97.1 Å². The van der Waals surface area contributed by atoms with Gasteiger partial charge in [0, 0.05) is 38.4 Å². The Hall–Kier alpha value is -1.13. The Morgan fingerprint density at radius 3 is 2.50 bits per heavy atom. The second-order valence-electron chi connectivity index (χ2n) is 4.41. The molecule has 0 spiro atoms. The monoisotopic (exact) mass is 220 g/mol. The standard InChI is InChI=1S/C12H20N4/c1-10-11(9-13)3-4-12(14-10)16-7-5-15(2)6-8-16/h3-4H,5-9,13H2,1-2H3. The summed E-state index contributed by atoms with van der Waals surface area (Å²) in [6.45, 7) is 6.94. The van der Waals surface area contributed by atoms with E-state index in [4.69, 9.17) is 5.73 Å². The number of aryl methyl sites for hydroxylation is 1. The molecule has 0 unspecified atom stereocenters. The maximum Gasteiger partial charge on any atom is 0.128 e. The molecule has 1 aromatic heterocycles. The highest BCUT2D eigenvalue weighted by Gasteiger charge is 2.15. The molecule has 1 aromatic rings. The van der Waals surface area contributed by atoms with Gasteiger partial charge >= 0.3 is 0 Å². The summed E-state index contributed by atoms with van der Waals surface area (Å²) in [6, 6.07) is 4.18. The van der Waals surface area contributed by atoms with Gasteiger partial charge in [-0.3, -0.25) is 0 Å². The Bertz CT molecular complexity index is 356. The number of nitrogens with zero attached hydrogens (tertiary/aromatic N) is 3. The molecule has 88 valence electrons. The van der Waals surface area contributed by atoms with Gasteiger partial charge in [-0.05, 0) is 25.6 Å². The predicted molar refractivity (Wildman–Crippen MR) is 66.6 cm³/mol. The highest BCUT2D eigenvalue weighted by atomic mass is 15.3. The second kappa shape index (κ2) is 4.80. The maximum atomic E-state index is 5.64. The quantitative estimate of drug-likeness (QED) is 0.793. The minimum Gasteiger partial charge on any atom is -0.354 e. The topological polar surface area (TPSA) is 45.4 Å². The van der Waals surface area contributed by atoms with Crippen molar-refractivity contribution in [2.75, 3.05) is 38.1 Å². The van der Waals surface area contributed by atoms with E-state index in [1.807, 2.05) is 6.92 Å². The van der Waals surface area contributed by atoms with E-state index in [9.17, 15) is 0 Å². The molecule has 2 heterocycles. The highest BCUT2D eigenvalue weighted by Crippen LogP contribution is 2.16. The van der Waals surface area contributed by atoms with E-state index in [0.29, 0.717) is 6.54 Å². The first kappa shape index (κ1) is 11.4. The van der Waals surface area contributed by atoms with E-state index in [1.165, 1.54) is 0 Å². The van der Waals surface area contributed by atoms with Crippen LogP contribution in [0.2, 0.25) is 0 Å². The number of anilines is 1. The SMILES string of the molecule is Cc1nc(N2CCN(C)CC2)ccc1CN. The van der Waals surface area contributed by atoms with Gasteiger partial charge in [0.05, 0.1) is 0 Å². The molecule has 0 aromatic carbocycles. The van der Waals surface area contributed by atoms with Crippen molar-refractivity contribution in [3.63, 3.8) is 0 Å². The van der Waals surface area contributed by atoms with Gasteiger partial charge < -0.3 is 15.5 Å². The van der Waals surface area contributed by atoms with Crippen LogP contribution in [0.25, 0.3) is 0 Å². The summed E-state index contributed by atoms with van der Waals surface area (Å²) in [4.78, 5) is 9.31. The molecule has 0 saturated carbocycles. The Kier molecular flexibility index (Phi) is 3.41. The van der Waals surface area contributed by atoms with Crippen LogP contribution in [0.15, 0.2) is 12.1 Å². The fraction of sp³-hybridized carbons (Fsp3) is 0.583. The lowest BCUT2D eigenvalue weighted by atomic mass is 10.2. The smallest absolute Gasteiger partial charge is 0.128 e. The first-order valence-corrected chi connectivity index (χ1v) is 5.81. The van der Waals surface area contributed by atoms with Crippen LogP contribution in [0.4, 0.5) is 5.82 Å².